The zero-order chi connectivity index (χ0) is 9.68. The van der Waals surface area contributed by atoms with Crippen molar-refractivity contribution in [2.75, 3.05) is 12.4 Å². The van der Waals surface area contributed by atoms with Gasteiger partial charge in [0.2, 0.25) is 5.91 Å². The lowest BCUT2D eigenvalue weighted by atomic mass is 10.3. The highest BCUT2D eigenvalue weighted by molar-refractivity contribution is 9.10. The lowest BCUT2D eigenvalue weighted by Crippen LogP contribution is -2.26. The number of carbonyl (C=O) groups excluding carboxylic acids is 1. The van der Waals surface area contributed by atoms with Crippen molar-refractivity contribution in [3.63, 3.8) is 0 Å². The van der Waals surface area contributed by atoms with E-state index in [1.807, 2.05) is 11.4 Å². The zero-order valence-electron chi connectivity index (χ0n) is 6.85. The van der Waals surface area contributed by atoms with E-state index >= 15 is 0 Å². The summed E-state index contributed by atoms with van der Waals surface area (Å²) in [4.78, 5) is 12.0. The summed E-state index contributed by atoms with van der Waals surface area (Å²) < 4.78 is 1.11. The van der Waals surface area contributed by atoms with E-state index in [9.17, 15) is 4.79 Å². The third-order valence-corrected chi connectivity index (χ3v) is 3.72. The van der Waals surface area contributed by atoms with Gasteiger partial charge in [0.15, 0.2) is 0 Å². The van der Waals surface area contributed by atoms with Crippen LogP contribution in [-0.4, -0.2) is 18.3 Å². The van der Waals surface area contributed by atoms with Gasteiger partial charge in [-0.3, -0.25) is 4.79 Å². The first-order valence-electron chi connectivity index (χ1n) is 3.78. The van der Waals surface area contributed by atoms with E-state index in [4.69, 9.17) is 11.6 Å². The Kier molecular flexibility index (Phi) is 4.77. The van der Waals surface area contributed by atoms with Crippen LogP contribution in [0.4, 0.5) is 0 Å². The molecule has 0 unspecified atom stereocenters. The van der Waals surface area contributed by atoms with Crippen LogP contribution >= 0.6 is 38.9 Å². The Morgan fingerprint density at radius 3 is 3.00 bits per heavy atom. The second-order valence-corrected chi connectivity index (χ2v) is 4.55. The highest BCUT2D eigenvalue weighted by Gasteiger charge is 2.02. The number of halogens is 2. The molecule has 1 aromatic heterocycles. The number of alkyl halides is 1. The molecule has 0 spiro atoms. The van der Waals surface area contributed by atoms with Gasteiger partial charge >= 0.3 is 0 Å². The van der Waals surface area contributed by atoms with E-state index < -0.39 is 0 Å². The summed E-state index contributed by atoms with van der Waals surface area (Å²) in [5, 5.41) is 4.73. The minimum Gasteiger partial charge on any atom is -0.355 e. The van der Waals surface area contributed by atoms with E-state index in [0.717, 1.165) is 10.9 Å². The van der Waals surface area contributed by atoms with Crippen LogP contribution < -0.4 is 5.32 Å². The molecule has 1 rings (SSSR count). The summed E-state index contributed by atoms with van der Waals surface area (Å²) in [5.74, 6) is -0.0830. The maximum Gasteiger partial charge on any atom is 0.234 e. The van der Waals surface area contributed by atoms with E-state index in [0.29, 0.717) is 6.54 Å². The van der Waals surface area contributed by atoms with Crippen molar-refractivity contribution in [3.05, 3.63) is 20.8 Å². The van der Waals surface area contributed by atoms with Crippen molar-refractivity contribution >= 4 is 44.8 Å². The molecule has 0 saturated carbocycles. The van der Waals surface area contributed by atoms with Crippen molar-refractivity contribution < 1.29 is 4.79 Å². The Morgan fingerprint density at radius 1 is 1.69 bits per heavy atom. The SMILES string of the molecule is O=C(CCl)NCCc1sccc1Br. The molecule has 5 heteroatoms. The number of hydrogen-bond acceptors (Lipinski definition) is 2. The number of carbonyl (C=O) groups is 1. The van der Waals surface area contributed by atoms with Crippen LogP contribution in [-0.2, 0) is 11.2 Å². The van der Waals surface area contributed by atoms with Crippen LogP contribution in [0, 0.1) is 0 Å². The summed E-state index contributed by atoms with van der Waals surface area (Å²) >= 11 is 10.4. The van der Waals surface area contributed by atoms with Crippen LogP contribution in [0.15, 0.2) is 15.9 Å². The molecule has 0 saturated heterocycles. The predicted octanol–water partition coefficient (Wildman–Crippen LogP) is 2.41. The summed E-state index contributed by atoms with van der Waals surface area (Å²) in [5.41, 5.74) is 0. The summed E-state index contributed by atoms with van der Waals surface area (Å²) in [6.45, 7) is 0.644. The highest BCUT2D eigenvalue weighted by Crippen LogP contribution is 2.22. The van der Waals surface area contributed by atoms with E-state index in [1.165, 1.54) is 4.88 Å². The predicted molar refractivity (Wildman–Crippen MR) is 59.5 cm³/mol. The van der Waals surface area contributed by atoms with Gasteiger partial charge in [0.05, 0.1) is 0 Å². The molecule has 0 atom stereocenters. The van der Waals surface area contributed by atoms with Gasteiger partial charge in [-0.05, 0) is 27.4 Å². The van der Waals surface area contributed by atoms with E-state index in [1.54, 1.807) is 11.3 Å². The molecule has 1 aromatic rings. The van der Waals surface area contributed by atoms with Crippen molar-refractivity contribution in [1.29, 1.82) is 0 Å². The van der Waals surface area contributed by atoms with Gasteiger partial charge in [-0.25, -0.2) is 0 Å². The topological polar surface area (TPSA) is 29.1 Å². The van der Waals surface area contributed by atoms with Gasteiger partial charge in [0.25, 0.3) is 0 Å². The van der Waals surface area contributed by atoms with Crippen molar-refractivity contribution in [2.24, 2.45) is 0 Å². The first-order chi connectivity index (χ1) is 6.24. The monoisotopic (exact) mass is 281 g/mol. The van der Waals surface area contributed by atoms with Gasteiger partial charge in [-0.15, -0.1) is 22.9 Å². The molecule has 72 valence electrons. The Labute approximate surface area is 94.4 Å². The highest BCUT2D eigenvalue weighted by atomic mass is 79.9. The second kappa shape index (κ2) is 5.62. The Balaban J connectivity index is 2.28. The maximum atomic E-state index is 10.8. The van der Waals surface area contributed by atoms with Gasteiger partial charge in [0, 0.05) is 22.3 Å². The van der Waals surface area contributed by atoms with Crippen molar-refractivity contribution in [3.8, 4) is 0 Å². The van der Waals surface area contributed by atoms with Gasteiger partial charge in [0.1, 0.15) is 5.88 Å². The number of thiophene rings is 1. The fourth-order valence-electron chi connectivity index (χ4n) is 0.866. The van der Waals surface area contributed by atoms with Gasteiger partial charge in [-0.2, -0.15) is 0 Å². The zero-order valence-corrected chi connectivity index (χ0v) is 10.0. The molecule has 1 N–H and O–H groups in total. The third-order valence-electron chi connectivity index (χ3n) is 1.49. The van der Waals surface area contributed by atoms with E-state index in [2.05, 4.69) is 21.2 Å². The average molecular weight is 283 g/mol. The molecular weight excluding hydrogens is 274 g/mol. The molecule has 13 heavy (non-hydrogen) atoms. The smallest absolute Gasteiger partial charge is 0.234 e. The van der Waals surface area contributed by atoms with Crippen LogP contribution in [0.3, 0.4) is 0 Å². The first kappa shape index (κ1) is 11.0. The molecule has 0 bridgehead atoms. The van der Waals surface area contributed by atoms with Crippen molar-refractivity contribution in [1.82, 2.24) is 5.32 Å². The lowest BCUT2D eigenvalue weighted by molar-refractivity contribution is -0.118. The second-order valence-electron chi connectivity index (χ2n) is 2.43. The standard InChI is InChI=1S/C8H9BrClNOS/c9-6-2-4-13-7(6)1-3-11-8(12)5-10/h2,4H,1,3,5H2,(H,11,12). The molecule has 0 aliphatic rings. The number of nitrogens with one attached hydrogen (secondary N) is 1. The largest absolute Gasteiger partial charge is 0.355 e. The third kappa shape index (κ3) is 3.67. The number of hydrogen-bond donors (Lipinski definition) is 1. The van der Waals surface area contributed by atoms with Crippen molar-refractivity contribution in [2.45, 2.75) is 6.42 Å². The molecule has 0 fully saturated rings. The van der Waals surface area contributed by atoms with Crippen LogP contribution in [0.25, 0.3) is 0 Å². The number of amides is 1. The Morgan fingerprint density at radius 2 is 2.46 bits per heavy atom. The molecule has 0 aromatic carbocycles. The summed E-state index contributed by atoms with van der Waals surface area (Å²) in [6, 6.07) is 2.00. The number of rotatable bonds is 4. The quantitative estimate of drug-likeness (QED) is 0.844. The fraction of sp³-hybridized carbons (Fsp3) is 0.375. The minimum absolute atomic E-state index is 0.0333. The summed E-state index contributed by atoms with van der Waals surface area (Å²) in [7, 11) is 0. The summed E-state index contributed by atoms with van der Waals surface area (Å²) in [6.07, 6.45) is 0.848. The maximum absolute atomic E-state index is 10.8. The minimum atomic E-state index is -0.116. The van der Waals surface area contributed by atoms with Gasteiger partial charge < -0.3 is 5.32 Å². The Bertz CT molecular complexity index is 289. The molecule has 1 amide bonds. The van der Waals surface area contributed by atoms with Gasteiger partial charge in [-0.1, -0.05) is 0 Å². The molecule has 0 aliphatic carbocycles. The molecule has 2 nitrogen and oxygen atoms in total. The molecular formula is C8H9BrClNOS. The van der Waals surface area contributed by atoms with Crippen LogP contribution in [0.2, 0.25) is 0 Å². The normalized spacial score (nSPS) is 10.0. The molecule has 1 heterocycles. The van der Waals surface area contributed by atoms with E-state index in [-0.39, 0.29) is 11.8 Å². The fourth-order valence-corrected chi connectivity index (χ4v) is 2.52. The molecule has 0 aliphatic heterocycles. The van der Waals surface area contributed by atoms with Crippen LogP contribution in [0.5, 0.6) is 0 Å². The molecule has 0 radical (unpaired) electrons. The average Bonchev–Trinajstić information content (AvgIpc) is 2.52. The Hall–Kier alpha value is -0.0600. The van der Waals surface area contributed by atoms with Crippen LogP contribution in [0.1, 0.15) is 4.88 Å². The first-order valence-corrected chi connectivity index (χ1v) is 5.99. The lowest BCUT2D eigenvalue weighted by Gasteiger charge is -2.01.